The fraction of sp³-hybridized carbons (Fsp3) is 0.625. The third-order valence-corrected chi connectivity index (χ3v) is 14.4. The number of benzene rings is 2. The number of hydrogen-bond acceptors (Lipinski definition) is 11. The second kappa shape index (κ2) is 21.4. The number of aliphatic hydroxyl groups is 1. The lowest BCUT2D eigenvalue weighted by Crippen LogP contribution is -2.65. The van der Waals surface area contributed by atoms with Gasteiger partial charge < -0.3 is 57.8 Å². The van der Waals surface area contributed by atoms with E-state index in [0.29, 0.717) is 49.6 Å². The minimum Gasteiger partial charge on any atom is -0.404 e. The second-order valence-corrected chi connectivity index (χ2v) is 19.7. The Balaban J connectivity index is 0.952. The summed E-state index contributed by atoms with van der Waals surface area (Å²) in [7, 11) is -0.653. The molecule has 66 heavy (non-hydrogen) atoms. The molecule has 0 spiro atoms. The molecule has 1 unspecified atom stereocenters. The number of carbonyl (C=O) groups is 6. The summed E-state index contributed by atoms with van der Waals surface area (Å²) in [4.78, 5) is 79.7. The summed E-state index contributed by atoms with van der Waals surface area (Å²) in [6.45, 7) is 12.2. The number of nitrogens with one attached hydrogen (secondary N) is 6. The van der Waals surface area contributed by atoms with E-state index in [9.17, 15) is 33.9 Å². The minimum absolute atomic E-state index is 0.00793. The van der Waals surface area contributed by atoms with E-state index in [1.165, 1.54) is 12.5 Å². The van der Waals surface area contributed by atoms with Gasteiger partial charge in [-0.1, -0.05) is 63.6 Å². The Morgan fingerprint density at radius 3 is 2.12 bits per heavy atom. The second-order valence-electron chi connectivity index (χ2n) is 19.7. The van der Waals surface area contributed by atoms with Crippen LogP contribution in [0.3, 0.4) is 0 Å². The molecule has 9 atom stereocenters. The summed E-state index contributed by atoms with van der Waals surface area (Å²) in [5.41, 5.74) is 14.0. The quantitative estimate of drug-likeness (QED) is 0.0443. The molecule has 18 heteroatoms. The molecule has 360 valence electrons. The summed E-state index contributed by atoms with van der Waals surface area (Å²) in [6.07, 6.45) is 3.93. The van der Waals surface area contributed by atoms with Crippen LogP contribution in [0.4, 0.5) is 0 Å². The first kappa shape index (κ1) is 50.5. The molecule has 1 heterocycles. The van der Waals surface area contributed by atoms with Crippen LogP contribution in [0.2, 0.25) is 0 Å². The van der Waals surface area contributed by atoms with Crippen LogP contribution in [0, 0.1) is 17.3 Å². The van der Waals surface area contributed by atoms with Gasteiger partial charge in [-0.15, -0.1) is 0 Å². The zero-order chi connectivity index (χ0) is 48.0. The number of aryl methyl sites for hydroxylation is 1. The van der Waals surface area contributed by atoms with Crippen LogP contribution >= 0.6 is 0 Å². The third-order valence-electron chi connectivity index (χ3n) is 14.4. The van der Waals surface area contributed by atoms with Crippen LogP contribution in [0.5, 0.6) is 0 Å². The van der Waals surface area contributed by atoms with Gasteiger partial charge in [0.05, 0.1) is 23.8 Å². The predicted octanol–water partition coefficient (Wildman–Crippen LogP) is 2.12. The van der Waals surface area contributed by atoms with Gasteiger partial charge in [-0.2, -0.15) is 0 Å². The first-order valence-corrected chi connectivity index (χ1v) is 23.8. The van der Waals surface area contributed by atoms with Gasteiger partial charge in [-0.25, -0.2) is 0 Å². The number of nitrogens with two attached hydrogens (primary N) is 2. The van der Waals surface area contributed by atoms with Crippen LogP contribution in [-0.4, -0.2) is 108 Å². The Hall–Kier alpha value is -4.88. The number of rotatable bonds is 23. The average Bonchev–Trinajstić information content (AvgIpc) is 3.98. The van der Waals surface area contributed by atoms with Gasteiger partial charge >= 0.3 is 7.12 Å². The fourth-order valence-electron chi connectivity index (χ4n) is 9.82. The largest absolute Gasteiger partial charge is 0.481 e. The van der Waals surface area contributed by atoms with Crippen molar-refractivity contribution in [3.05, 3.63) is 59.7 Å². The summed E-state index contributed by atoms with van der Waals surface area (Å²) in [5, 5.41) is 26.4. The molecule has 0 radical (unpaired) electrons. The zero-order valence-electron chi connectivity index (χ0n) is 39.4. The van der Waals surface area contributed by atoms with Crippen molar-refractivity contribution in [2.45, 2.75) is 160 Å². The molecule has 7 rings (SSSR count). The van der Waals surface area contributed by atoms with Crippen LogP contribution in [0.25, 0.3) is 11.1 Å². The maximum atomic E-state index is 13.6. The molecule has 2 aromatic carbocycles. The number of unbranched alkanes of at least 4 members (excludes halogenated alkanes) is 2. The Morgan fingerprint density at radius 1 is 0.848 bits per heavy atom. The first-order chi connectivity index (χ1) is 31.3. The molecule has 6 amide bonds. The highest BCUT2D eigenvalue weighted by Crippen LogP contribution is 2.65. The Kier molecular flexibility index (Phi) is 16.4. The lowest BCUT2D eigenvalue weighted by Gasteiger charge is -2.64. The van der Waals surface area contributed by atoms with Gasteiger partial charge in [0, 0.05) is 18.5 Å². The van der Waals surface area contributed by atoms with E-state index >= 15 is 0 Å². The van der Waals surface area contributed by atoms with Crippen molar-refractivity contribution in [2.75, 3.05) is 13.1 Å². The predicted molar refractivity (Wildman–Crippen MR) is 250 cm³/mol. The molecule has 1 aliphatic heterocycles. The van der Waals surface area contributed by atoms with E-state index in [-0.39, 0.29) is 36.8 Å². The Labute approximate surface area is 388 Å². The molecule has 5 aliphatic rings. The standard InChI is InChI=1S/C48H71BN8O9/c1-7-8-11-30-13-15-31(16-14-30)32-17-19-33(20-18-32)41(60)52-25-21-38(59)54-35(12-9-10-24-50)42(61)55-39(28(2)58)43(62)56-40(51)44(63)57-48(22-23-48)45(64)53-29(3)49-65-37-27-34-26-36(46(34,4)5)47(37,6)66-49/h13-20,28-29,34-37,39-40,58H,7-12,21-27,50-51H2,1-6H3,(H,52,60)(H,53,64)(H,54,59)(H,55,61)(H,56,62)(H,57,63)/t28-,29+,34+,35+,36+,37?,39+,40-,47+/m1/s1. The molecule has 0 aromatic heterocycles. The van der Waals surface area contributed by atoms with E-state index in [1.807, 2.05) is 12.1 Å². The number of carbonyl (C=O) groups excluding carboxylic acids is 6. The molecule has 17 nitrogen and oxygen atoms in total. The monoisotopic (exact) mass is 915 g/mol. The highest BCUT2D eigenvalue weighted by molar-refractivity contribution is 6.47. The molecule has 4 saturated carbocycles. The minimum atomic E-state index is -1.64. The van der Waals surface area contributed by atoms with Crippen molar-refractivity contribution >= 4 is 42.6 Å². The van der Waals surface area contributed by atoms with E-state index in [0.717, 1.165) is 43.2 Å². The lowest BCUT2D eigenvalue weighted by molar-refractivity contribution is -0.199. The van der Waals surface area contributed by atoms with Crippen molar-refractivity contribution in [1.82, 2.24) is 31.9 Å². The van der Waals surface area contributed by atoms with Gasteiger partial charge in [0.15, 0.2) is 6.17 Å². The smallest absolute Gasteiger partial charge is 0.404 e. The maximum absolute atomic E-state index is 13.6. The molecule has 2 aromatic rings. The van der Waals surface area contributed by atoms with Crippen LogP contribution < -0.4 is 43.4 Å². The van der Waals surface area contributed by atoms with E-state index in [2.05, 4.69) is 83.9 Å². The SMILES string of the molecule is CCCCc1ccc(-c2ccc(C(=O)NCCC(=O)N[C@@H](CCCCN)C(=O)N[C@H](C(=O)N[C@@H](N)C(=O)NC3(C(=O)N[C@@H](C)B4OC5C[C@@H]6C[C@@H](C6(C)C)[C@]5(C)O4)CC3)[C@@H](C)O)cc2)cc1. The van der Waals surface area contributed by atoms with Crippen molar-refractivity contribution in [3.8, 4) is 11.1 Å². The zero-order valence-corrected chi connectivity index (χ0v) is 39.4. The molecular formula is C48H71BN8O9. The summed E-state index contributed by atoms with van der Waals surface area (Å²) < 4.78 is 12.8. The molecule has 11 N–H and O–H groups in total. The van der Waals surface area contributed by atoms with E-state index < -0.39 is 78.1 Å². The molecular weight excluding hydrogens is 843 g/mol. The maximum Gasteiger partial charge on any atom is 0.481 e. The third kappa shape index (κ3) is 11.6. The fourth-order valence-corrected chi connectivity index (χ4v) is 9.82. The van der Waals surface area contributed by atoms with Gasteiger partial charge in [-0.05, 0) is 131 Å². The highest BCUT2D eigenvalue weighted by Gasteiger charge is 2.68. The first-order valence-electron chi connectivity index (χ1n) is 23.8. The van der Waals surface area contributed by atoms with Crippen LogP contribution in [0.15, 0.2) is 48.5 Å². The summed E-state index contributed by atoms with van der Waals surface area (Å²) in [5.74, 6) is -3.46. The molecule has 2 bridgehead atoms. The van der Waals surface area contributed by atoms with Gasteiger partial charge in [0.25, 0.3) is 11.8 Å². The van der Waals surface area contributed by atoms with Crippen molar-refractivity contribution in [1.29, 1.82) is 0 Å². The highest BCUT2D eigenvalue weighted by atomic mass is 16.7. The van der Waals surface area contributed by atoms with Crippen molar-refractivity contribution in [2.24, 2.45) is 28.7 Å². The topological polar surface area (TPSA) is 265 Å². The van der Waals surface area contributed by atoms with Gasteiger partial charge in [-0.3, -0.25) is 28.8 Å². The Morgan fingerprint density at radius 2 is 1.52 bits per heavy atom. The van der Waals surface area contributed by atoms with Gasteiger partial charge in [0.1, 0.15) is 17.6 Å². The van der Waals surface area contributed by atoms with Gasteiger partial charge in [0.2, 0.25) is 23.6 Å². The number of hydrogen-bond donors (Lipinski definition) is 9. The normalized spacial score (nSPS) is 24.2. The molecule has 1 saturated heterocycles. The lowest BCUT2D eigenvalue weighted by atomic mass is 9.43. The van der Waals surface area contributed by atoms with E-state index in [4.69, 9.17) is 20.8 Å². The van der Waals surface area contributed by atoms with E-state index in [1.54, 1.807) is 19.1 Å². The summed E-state index contributed by atoms with van der Waals surface area (Å²) in [6, 6.07) is 12.9. The van der Waals surface area contributed by atoms with Crippen LogP contribution in [-0.2, 0) is 39.7 Å². The number of aliphatic hydroxyl groups excluding tert-OH is 1. The molecule has 5 fully saturated rings. The Bertz CT molecular complexity index is 2070. The summed E-state index contributed by atoms with van der Waals surface area (Å²) >= 11 is 0. The number of amides is 6. The van der Waals surface area contributed by atoms with Crippen molar-refractivity contribution in [3.63, 3.8) is 0 Å². The van der Waals surface area contributed by atoms with Crippen LogP contribution in [0.1, 0.15) is 122 Å². The average molecular weight is 915 g/mol. The molecule has 4 aliphatic carbocycles. The van der Waals surface area contributed by atoms with Crippen molar-refractivity contribution < 1.29 is 43.2 Å².